The zero-order chi connectivity index (χ0) is 10.4. The fourth-order valence-corrected chi connectivity index (χ4v) is 1.03. The van der Waals surface area contributed by atoms with Crippen molar-refractivity contribution in [2.45, 2.75) is 0 Å². The highest BCUT2D eigenvalue weighted by atomic mass is 19.1. The molecule has 0 bridgehead atoms. The number of hydrogen-bond donors (Lipinski definition) is 1. The first-order valence-electron chi connectivity index (χ1n) is 4.25. The Kier molecular flexibility index (Phi) is 3.94. The van der Waals surface area contributed by atoms with Crippen molar-refractivity contribution in [2.75, 3.05) is 13.1 Å². The summed E-state index contributed by atoms with van der Waals surface area (Å²) in [6, 6.07) is 6.31. The zero-order valence-corrected chi connectivity index (χ0v) is 7.78. The van der Waals surface area contributed by atoms with Crippen LogP contribution in [0.5, 0.6) is 0 Å². The highest BCUT2D eigenvalue weighted by Crippen LogP contribution is 2.08. The van der Waals surface area contributed by atoms with Crippen LogP contribution in [0, 0.1) is 5.82 Å². The number of aliphatic imine (C=N–C) groups is 2. The molecule has 14 heavy (non-hydrogen) atoms. The average Bonchev–Trinajstić information content (AvgIpc) is 2.21. The Balaban J connectivity index is 3.01. The molecule has 0 radical (unpaired) electrons. The van der Waals surface area contributed by atoms with Gasteiger partial charge in [0.15, 0.2) is 5.84 Å². The lowest BCUT2D eigenvalue weighted by Gasteiger charge is -2.01. The monoisotopic (exact) mass is 193 g/mol. The van der Waals surface area contributed by atoms with E-state index in [0.717, 1.165) is 0 Å². The summed E-state index contributed by atoms with van der Waals surface area (Å²) in [7, 11) is 0. The maximum absolute atomic E-state index is 13.3. The zero-order valence-electron chi connectivity index (χ0n) is 7.78. The summed E-state index contributed by atoms with van der Waals surface area (Å²) in [5.74, 6) is -0.0516. The number of hydrogen-bond acceptors (Lipinski definition) is 2. The molecule has 0 unspecified atom stereocenters. The van der Waals surface area contributed by atoms with Gasteiger partial charge in [0, 0.05) is 6.54 Å². The summed E-state index contributed by atoms with van der Waals surface area (Å²) >= 11 is 0. The minimum atomic E-state index is -0.351. The molecule has 0 aromatic heterocycles. The third-order valence-electron chi connectivity index (χ3n) is 1.66. The van der Waals surface area contributed by atoms with Crippen molar-refractivity contribution < 1.29 is 4.39 Å². The standard InChI is InChI=1S/C10H12FN3/c1-13-10(14-7-6-12)8-4-2-3-5-9(8)11/h2-5H,1,6-7,12H2/b14-10-. The fourth-order valence-electron chi connectivity index (χ4n) is 1.03. The van der Waals surface area contributed by atoms with Gasteiger partial charge < -0.3 is 5.73 Å². The molecule has 4 heteroatoms. The molecular formula is C10H12FN3. The first-order valence-corrected chi connectivity index (χ1v) is 4.25. The van der Waals surface area contributed by atoms with Crippen molar-refractivity contribution in [3.05, 3.63) is 35.6 Å². The Hall–Kier alpha value is -1.55. The molecule has 0 fully saturated rings. The molecule has 0 saturated heterocycles. The van der Waals surface area contributed by atoms with Crippen LogP contribution in [0.15, 0.2) is 34.3 Å². The lowest BCUT2D eigenvalue weighted by atomic mass is 10.2. The Morgan fingerprint density at radius 3 is 2.71 bits per heavy atom. The number of nitrogens with zero attached hydrogens (tertiary/aromatic N) is 2. The molecule has 74 valence electrons. The molecule has 0 spiro atoms. The first-order chi connectivity index (χ1) is 6.79. The van der Waals surface area contributed by atoms with E-state index in [1.165, 1.54) is 6.07 Å². The van der Waals surface area contributed by atoms with Crippen LogP contribution in [0.4, 0.5) is 4.39 Å². The molecular weight excluding hydrogens is 181 g/mol. The van der Waals surface area contributed by atoms with Gasteiger partial charge in [-0.3, -0.25) is 4.99 Å². The molecule has 0 heterocycles. The maximum atomic E-state index is 13.3. The minimum Gasteiger partial charge on any atom is -0.329 e. The van der Waals surface area contributed by atoms with Crippen molar-refractivity contribution in [1.29, 1.82) is 0 Å². The molecule has 0 atom stereocenters. The van der Waals surface area contributed by atoms with Gasteiger partial charge in [-0.25, -0.2) is 9.38 Å². The van der Waals surface area contributed by atoms with Crippen LogP contribution in [-0.4, -0.2) is 25.6 Å². The van der Waals surface area contributed by atoms with Crippen LogP contribution >= 0.6 is 0 Å². The number of amidine groups is 1. The number of benzene rings is 1. The summed E-state index contributed by atoms with van der Waals surface area (Å²) < 4.78 is 13.3. The van der Waals surface area contributed by atoms with Crippen LogP contribution in [0.3, 0.4) is 0 Å². The molecule has 0 amide bonds. The number of rotatable bonds is 3. The first kappa shape index (κ1) is 10.5. The van der Waals surface area contributed by atoms with Crippen LogP contribution in [-0.2, 0) is 0 Å². The van der Waals surface area contributed by atoms with Crippen molar-refractivity contribution in [3.8, 4) is 0 Å². The van der Waals surface area contributed by atoms with E-state index in [0.29, 0.717) is 24.5 Å². The predicted molar refractivity (Wildman–Crippen MR) is 56.4 cm³/mol. The molecule has 3 nitrogen and oxygen atoms in total. The SMILES string of the molecule is C=N/C(=N\CCN)c1ccccc1F. The van der Waals surface area contributed by atoms with E-state index in [1.807, 2.05) is 0 Å². The second-order valence-corrected chi connectivity index (χ2v) is 2.63. The van der Waals surface area contributed by atoms with E-state index in [-0.39, 0.29) is 5.82 Å². The van der Waals surface area contributed by atoms with Crippen molar-refractivity contribution in [3.63, 3.8) is 0 Å². The van der Waals surface area contributed by atoms with Crippen molar-refractivity contribution >= 4 is 12.6 Å². The van der Waals surface area contributed by atoms with E-state index < -0.39 is 0 Å². The Bertz CT molecular complexity index is 347. The third kappa shape index (κ3) is 2.47. The van der Waals surface area contributed by atoms with Crippen molar-refractivity contribution in [2.24, 2.45) is 15.7 Å². The molecule has 1 rings (SSSR count). The van der Waals surface area contributed by atoms with E-state index in [1.54, 1.807) is 18.2 Å². The van der Waals surface area contributed by atoms with Gasteiger partial charge >= 0.3 is 0 Å². The number of nitrogens with two attached hydrogens (primary N) is 1. The maximum Gasteiger partial charge on any atom is 0.156 e. The smallest absolute Gasteiger partial charge is 0.156 e. The molecule has 0 aliphatic carbocycles. The summed E-state index contributed by atoms with van der Waals surface area (Å²) in [5.41, 5.74) is 5.64. The second-order valence-electron chi connectivity index (χ2n) is 2.63. The van der Waals surface area contributed by atoms with E-state index in [9.17, 15) is 4.39 Å². The molecule has 0 aliphatic heterocycles. The van der Waals surface area contributed by atoms with Crippen LogP contribution in [0.1, 0.15) is 5.56 Å². The van der Waals surface area contributed by atoms with Gasteiger partial charge in [-0.1, -0.05) is 12.1 Å². The Morgan fingerprint density at radius 2 is 2.14 bits per heavy atom. The van der Waals surface area contributed by atoms with Gasteiger partial charge in [-0.05, 0) is 18.9 Å². The largest absolute Gasteiger partial charge is 0.329 e. The lowest BCUT2D eigenvalue weighted by molar-refractivity contribution is 0.625. The van der Waals surface area contributed by atoms with Crippen LogP contribution < -0.4 is 5.73 Å². The minimum absolute atomic E-state index is 0.300. The normalized spacial score (nSPS) is 11.4. The van der Waals surface area contributed by atoms with Gasteiger partial charge in [0.2, 0.25) is 0 Å². The van der Waals surface area contributed by atoms with Gasteiger partial charge in [0.05, 0.1) is 12.1 Å². The second kappa shape index (κ2) is 5.24. The molecule has 2 N–H and O–H groups in total. The average molecular weight is 193 g/mol. The molecule has 0 saturated carbocycles. The topological polar surface area (TPSA) is 50.7 Å². The van der Waals surface area contributed by atoms with E-state index in [2.05, 4.69) is 16.7 Å². The molecule has 1 aromatic carbocycles. The highest BCUT2D eigenvalue weighted by Gasteiger charge is 2.05. The Morgan fingerprint density at radius 1 is 1.43 bits per heavy atom. The van der Waals surface area contributed by atoms with Gasteiger partial charge in [-0.2, -0.15) is 0 Å². The summed E-state index contributed by atoms with van der Waals surface area (Å²) in [4.78, 5) is 7.68. The van der Waals surface area contributed by atoms with Gasteiger partial charge in [0.1, 0.15) is 5.82 Å². The third-order valence-corrected chi connectivity index (χ3v) is 1.66. The quantitative estimate of drug-likeness (QED) is 0.569. The Labute approximate surface area is 82.2 Å². The summed E-state index contributed by atoms with van der Waals surface area (Å²) in [6.07, 6.45) is 0. The van der Waals surface area contributed by atoms with Gasteiger partial charge in [0.25, 0.3) is 0 Å². The summed E-state index contributed by atoms with van der Waals surface area (Å²) in [5, 5.41) is 0. The lowest BCUT2D eigenvalue weighted by Crippen LogP contribution is -2.07. The molecule has 0 aliphatic rings. The summed E-state index contributed by atoms with van der Waals surface area (Å²) in [6.45, 7) is 4.17. The number of halogens is 1. The van der Waals surface area contributed by atoms with Crippen LogP contribution in [0.25, 0.3) is 0 Å². The molecule has 1 aromatic rings. The van der Waals surface area contributed by atoms with Gasteiger partial charge in [-0.15, -0.1) is 0 Å². The fraction of sp³-hybridized carbons (Fsp3) is 0.200. The van der Waals surface area contributed by atoms with E-state index >= 15 is 0 Å². The van der Waals surface area contributed by atoms with Crippen LogP contribution in [0.2, 0.25) is 0 Å². The van der Waals surface area contributed by atoms with E-state index in [4.69, 9.17) is 5.73 Å². The van der Waals surface area contributed by atoms with Crippen molar-refractivity contribution in [1.82, 2.24) is 0 Å². The highest BCUT2D eigenvalue weighted by molar-refractivity contribution is 6.01. The predicted octanol–water partition coefficient (Wildman–Crippen LogP) is 1.23.